The van der Waals surface area contributed by atoms with E-state index in [0.717, 1.165) is 30.6 Å². The molecule has 152 valence electrons. The van der Waals surface area contributed by atoms with E-state index in [-0.39, 0.29) is 17.2 Å². The highest BCUT2D eigenvalue weighted by molar-refractivity contribution is 6.04. The monoisotopic (exact) mass is 394 g/mol. The van der Waals surface area contributed by atoms with Gasteiger partial charge in [-0.15, -0.1) is 0 Å². The fourth-order valence-electron chi connectivity index (χ4n) is 4.29. The maximum Gasteiger partial charge on any atom is 0.235 e. The van der Waals surface area contributed by atoms with Crippen molar-refractivity contribution < 1.29 is 19.1 Å². The molecular weight excluding hydrogens is 368 g/mol. The molecular formula is C23H26N2O4. The Hall–Kier alpha value is -3.02. The van der Waals surface area contributed by atoms with Crippen LogP contribution in [0.5, 0.6) is 11.5 Å². The molecule has 0 unspecified atom stereocenters. The van der Waals surface area contributed by atoms with E-state index < -0.39 is 0 Å². The molecule has 0 radical (unpaired) electrons. The average molecular weight is 394 g/mol. The van der Waals surface area contributed by atoms with E-state index in [9.17, 15) is 9.59 Å². The summed E-state index contributed by atoms with van der Waals surface area (Å²) < 4.78 is 10.6. The first-order valence-electron chi connectivity index (χ1n) is 9.92. The molecule has 0 bridgehead atoms. The molecule has 6 nitrogen and oxygen atoms in total. The van der Waals surface area contributed by atoms with E-state index in [4.69, 9.17) is 9.47 Å². The molecule has 0 atom stereocenters. The number of hydrogen-bond acceptors (Lipinski definition) is 4. The van der Waals surface area contributed by atoms with Crippen LogP contribution >= 0.6 is 0 Å². The number of β-lactam (4-membered cyclic amide) rings is 1. The Balaban J connectivity index is 1.34. The molecule has 6 heteroatoms. The van der Waals surface area contributed by atoms with Gasteiger partial charge in [0.05, 0.1) is 26.1 Å². The highest BCUT2D eigenvalue weighted by Gasteiger charge is 2.53. The molecule has 29 heavy (non-hydrogen) atoms. The van der Waals surface area contributed by atoms with Crippen molar-refractivity contribution in [1.29, 1.82) is 0 Å². The molecule has 2 aliphatic rings. The Morgan fingerprint density at radius 3 is 2.31 bits per heavy atom. The van der Waals surface area contributed by atoms with Crippen LogP contribution in [0.2, 0.25) is 0 Å². The molecule has 2 amide bonds. The highest BCUT2D eigenvalue weighted by Crippen LogP contribution is 2.44. The number of piperidine rings is 1. The van der Waals surface area contributed by atoms with Crippen molar-refractivity contribution in [3.63, 3.8) is 0 Å². The van der Waals surface area contributed by atoms with Crippen molar-refractivity contribution in [3.8, 4) is 11.5 Å². The summed E-state index contributed by atoms with van der Waals surface area (Å²) >= 11 is 0. The van der Waals surface area contributed by atoms with Crippen LogP contribution in [0.4, 0.5) is 5.69 Å². The summed E-state index contributed by atoms with van der Waals surface area (Å²) in [6.45, 7) is 1.99. The van der Waals surface area contributed by atoms with Gasteiger partial charge in [0.25, 0.3) is 0 Å². The minimum atomic E-state index is -0.296. The lowest BCUT2D eigenvalue weighted by atomic mass is 9.70. The normalized spacial score (nSPS) is 17.8. The van der Waals surface area contributed by atoms with Crippen LogP contribution in [0.15, 0.2) is 48.5 Å². The van der Waals surface area contributed by atoms with Gasteiger partial charge in [-0.05, 0) is 42.7 Å². The van der Waals surface area contributed by atoms with Crippen LogP contribution in [-0.4, -0.2) is 50.6 Å². The Kier molecular flexibility index (Phi) is 5.18. The van der Waals surface area contributed by atoms with Crippen LogP contribution in [0.25, 0.3) is 0 Å². The topological polar surface area (TPSA) is 59.1 Å². The maximum absolute atomic E-state index is 12.8. The molecule has 2 aliphatic heterocycles. The number of nitrogens with zero attached hydrogens (tertiary/aromatic N) is 2. The minimum Gasteiger partial charge on any atom is -0.493 e. The molecule has 2 heterocycles. The van der Waals surface area contributed by atoms with Gasteiger partial charge in [-0.2, -0.15) is 0 Å². The summed E-state index contributed by atoms with van der Waals surface area (Å²) in [6.07, 6.45) is 1.77. The Labute approximate surface area is 171 Å². The largest absolute Gasteiger partial charge is 0.493 e. The van der Waals surface area contributed by atoms with Gasteiger partial charge in [0.15, 0.2) is 11.5 Å². The number of rotatable bonds is 5. The van der Waals surface area contributed by atoms with Gasteiger partial charge in [-0.25, -0.2) is 0 Å². The number of amides is 2. The highest BCUT2D eigenvalue weighted by atomic mass is 16.5. The van der Waals surface area contributed by atoms with Gasteiger partial charge in [0, 0.05) is 25.3 Å². The first-order chi connectivity index (χ1) is 14.1. The number of benzene rings is 2. The molecule has 0 N–H and O–H groups in total. The zero-order valence-electron chi connectivity index (χ0n) is 16.9. The van der Waals surface area contributed by atoms with Gasteiger partial charge < -0.3 is 19.3 Å². The number of methoxy groups -OCH3 is 2. The molecule has 2 saturated heterocycles. The van der Waals surface area contributed by atoms with Crippen LogP contribution in [-0.2, 0) is 16.0 Å². The van der Waals surface area contributed by atoms with E-state index in [2.05, 4.69) is 0 Å². The summed E-state index contributed by atoms with van der Waals surface area (Å²) in [4.78, 5) is 29.3. The van der Waals surface area contributed by atoms with Crippen LogP contribution in [0.1, 0.15) is 18.4 Å². The third-order valence-electron chi connectivity index (χ3n) is 6.10. The minimum absolute atomic E-state index is 0.0822. The summed E-state index contributed by atoms with van der Waals surface area (Å²) in [5, 5.41) is 0. The molecule has 0 aliphatic carbocycles. The molecule has 2 aromatic carbocycles. The number of anilines is 1. The predicted molar refractivity (Wildman–Crippen MR) is 110 cm³/mol. The number of likely N-dealkylation sites (tertiary alicyclic amines) is 1. The molecule has 2 aromatic rings. The molecule has 0 aromatic heterocycles. The second-order valence-corrected chi connectivity index (χ2v) is 7.75. The fraction of sp³-hybridized carbons (Fsp3) is 0.391. The Morgan fingerprint density at radius 1 is 1.00 bits per heavy atom. The quantitative estimate of drug-likeness (QED) is 0.732. The first-order valence-corrected chi connectivity index (χ1v) is 9.92. The van der Waals surface area contributed by atoms with Crippen molar-refractivity contribution in [2.45, 2.75) is 19.3 Å². The Bertz CT molecular complexity index is 904. The maximum atomic E-state index is 12.8. The number of carbonyl (C=O) groups is 2. The standard InChI is InChI=1S/C23H26N2O4/c1-28-19-9-8-17(14-20(19)29-2)15-21(26)24-12-10-23(11-13-24)16-25(22(23)27)18-6-4-3-5-7-18/h3-9,14H,10-13,15-16H2,1-2H3. The SMILES string of the molecule is COc1ccc(CC(=O)N2CCC3(CC2)CN(c2ccccc2)C3=O)cc1OC. The van der Waals surface area contributed by atoms with E-state index >= 15 is 0 Å². The molecule has 1 spiro atoms. The van der Waals surface area contributed by atoms with Crippen molar-refractivity contribution in [2.24, 2.45) is 5.41 Å². The van der Waals surface area contributed by atoms with Gasteiger partial charge in [-0.1, -0.05) is 24.3 Å². The fourth-order valence-corrected chi connectivity index (χ4v) is 4.29. The smallest absolute Gasteiger partial charge is 0.235 e. The van der Waals surface area contributed by atoms with E-state index in [0.29, 0.717) is 31.0 Å². The summed E-state index contributed by atoms with van der Waals surface area (Å²) in [5.41, 5.74) is 1.55. The average Bonchev–Trinajstić information content (AvgIpc) is 2.78. The van der Waals surface area contributed by atoms with Crippen molar-refractivity contribution in [3.05, 3.63) is 54.1 Å². The lowest BCUT2D eigenvalue weighted by molar-refractivity contribution is -0.143. The third kappa shape index (κ3) is 3.55. The van der Waals surface area contributed by atoms with Crippen LogP contribution in [0, 0.1) is 5.41 Å². The van der Waals surface area contributed by atoms with Crippen LogP contribution in [0.3, 0.4) is 0 Å². The van der Waals surface area contributed by atoms with E-state index in [1.54, 1.807) is 14.2 Å². The van der Waals surface area contributed by atoms with E-state index in [1.807, 2.05) is 58.3 Å². The van der Waals surface area contributed by atoms with Gasteiger partial charge in [0.2, 0.25) is 11.8 Å². The van der Waals surface area contributed by atoms with Crippen molar-refractivity contribution >= 4 is 17.5 Å². The second kappa shape index (κ2) is 7.78. The third-order valence-corrected chi connectivity index (χ3v) is 6.10. The lowest BCUT2D eigenvalue weighted by Crippen LogP contribution is -2.65. The van der Waals surface area contributed by atoms with Crippen molar-refractivity contribution in [1.82, 2.24) is 4.90 Å². The number of carbonyl (C=O) groups excluding carboxylic acids is 2. The Morgan fingerprint density at radius 2 is 1.69 bits per heavy atom. The zero-order valence-corrected chi connectivity index (χ0v) is 16.9. The summed E-state index contributed by atoms with van der Waals surface area (Å²) in [7, 11) is 3.18. The molecule has 0 saturated carbocycles. The zero-order chi connectivity index (χ0) is 20.4. The van der Waals surface area contributed by atoms with Gasteiger partial charge in [-0.3, -0.25) is 9.59 Å². The van der Waals surface area contributed by atoms with E-state index in [1.165, 1.54) is 0 Å². The summed E-state index contributed by atoms with van der Waals surface area (Å²) in [6, 6.07) is 15.3. The van der Waals surface area contributed by atoms with Gasteiger partial charge in [0.1, 0.15) is 0 Å². The second-order valence-electron chi connectivity index (χ2n) is 7.75. The predicted octanol–water partition coefficient (Wildman–Crippen LogP) is 2.90. The molecule has 2 fully saturated rings. The van der Waals surface area contributed by atoms with Crippen molar-refractivity contribution in [2.75, 3.05) is 38.8 Å². The van der Waals surface area contributed by atoms with Gasteiger partial charge >= 0.3 is 0 Å². The number of para-hydroxylation sites is 1. The number of ether oxygens (including phenoxy) is 2. The molecule has 4 rings (SSSR count). The summed E-state index contributed by atoms with van der Waals surface area (Å²) in [5.74, 6) is 1.54. The first kappa shape index (κ1) is 19.3. The number of hydrogen-bond donors (Lipinski definition) is 0. The lowest BCUT2D eigenvalue weighted by Gasteiger charge is -2.52. The van der Waals surface area contributed by atoms with Crippen LogP contribution < -0.4 is 14.4 Å².